The molecule has 0 atom stereocenters. The molecule has 0 amide bonds. The molecular weight excluding hydrogens is 238 g/mol. The lowest BCUT2D eigenvalue weighted by Gasteiger charge is -2.21. The molecule has 1 aromatic rings. The SMILES string of the molecule is Nc1ccc(OCCCOCC2CCCCC2)cc1. The zero-order chi connectivity index (χ0) is 13.3. The smallest absolute Gasteiger partial charge is 0.119 e. The van der Waals surface area contributed by atoms with Crippen molar-refractivity contribution in [2.24, 2.45) is 5.92 Å². The van der Waals surface area contributed by atoms with Gasteiger partial charge in [0.15, 0.2) is 0 Å². The van der Waals surface area contributed by atoms with Gasteiger partial charge in [-0.25, -0.2) is 0 Å². The minimum atomic E-state index is 0.703. The van der Waals surface area contributed by atoms with Crippen molar-refractivity contribution in [2.75, 3.05) is 25.6 Å². The molecule has 1 aliphatic carbocycles. The van der Waals surface area contributed by atoms with Gasteiger partial charge in [0, 0.05) is 25.3 Å². The lowest BCUT2D eigenvalue weighted by atomic mass is 9.90. The van der Waals surface area contributed by atoms with E-state index in [4.69, 9.17) is 15.2 Å². The second-order valence-electron chi connectivity index (χ2n) is 5.35. The summed E-state index contributed by atoms with van der Waals surface area (Å²) in [5.74, 6) is 1.67. The zero-order valence-corrected chi connectivity index (χ0v) is 11.6. The summed E-state index contributed by atoms with van der Waals surface area (Å²) in [5, 5.41) is 0. The number of hydrogen-bond donors (Lipinski definition) is 1. The summed E-state index contributed by atoms with van der Waals surface area (Å²) in [6.07, 6.45) is 7.81. The molecule has 0 unspecified atom stereocenters. The van der Waals surface area contributed by atoms with E-state index in [1.54, 1.807) is 0 Å². The number of hydrogen-bond acceptors (Lipinski definition) is 3. The average molecular weight is 263 g/mol. The van der Waals surface area contributed by atoms with Gasteiger partial charge in [0.05, 0.1) is 6.61 Å². The Bertz CT molecular complexity index is 344. The van der Waals surface area contributed by atoms with Gasteiger partial charge in [-0.15, -0.1) is 0 Å². The number of nitrogens with two attached hydrogens (primary N) is 1. The van der Waals surface area contributed by atoms with Crippen molar-refractivity contribution in [3.63, 3.8) is 0 Å². The van der Waals surface area contributed by atoms with E-state index in [9.17, 15) is 0 Å². The standard InChI is InChI=1S/C16H25NO2/c17-15-7-9-16(10-8-15)19-12-4-11-18-13-14-5-2-1-3-6-14/h7-10,14H,1-6,11-13,17H2. The van der Waals surface area contributed by atoms with Crippen LogP contribution in [0.25, 0.3) is 0 Å². The van der Waals surface area contributed by atoms with Crippen LogP contribution >= 0.6 is 0 Å². The van der Waals surface area contributed by atoms with Crippen LogP contribution in [0.1, 0.15) is 38.5 Å². The van der Waals surface area contributed by atoms with Crippen molar-refractivity contribution in [1.82, 2.24) is 0 Å². The summed E-state index contributed by atoms with van der Waals surface area (Å²) in [4.78, 5) is 0. The lowest BCUT2D eigenvalue weighted by molar-refractivity contribution is 0.0766. The van der Waals surface area contributed by atoms with Crippen LogP contribution in [-0.4, -0.2) is 19.8 Å². The second-order valence-corrected chi connectivity index (χ2v) is 5.35. The molecule has 106 valence electrons. The Morgan fingerprint density at radius 2 is 1.74 bits per heavy atom. The second kappa shape index (κ2) is 8.05. The van der Waals surface area contributed by atoms with E-state index in [1.807, 2.05) is 24.3 Å². The van der Waals surface area contributed by atoms with Crippen molar-refractivity contribution in [2.45, 2.75) is 38.5 Å². The number of ether oxygens (including phenoxy) is 2. The Kier molecular flexibility index (Phi) is 6.02. The number of rotatable bonds is 7. The fourth-order valence-corrected chi connectivity index (χ4v) is 2.52. The summed E-state index contributed by atoms with van der Waals surface area (Å²) in [6, 6.07) is 7.51. The van der Waals surface area contributed by atoms with E-state index in [-0.39, 0.29) is 0 Å². The van der Waals surface area contributed by atoms with Gasteiger partial charge in [-0.1, -0.05) is 19.3 Å². The van der Waals surface area contributed by atoms with Crippen LogP contribution < -0.4 is 10.5 Å². The van der Waals surface area contributed by atoms with Gasteiger partial charge >= 0.3 is 0 Å². The first-order chi connectivity index (χ1) is 9.34. The summed E-state index contributed by atoms with van der Waals surface area (Å²) in [7, 11) is 0. The third-order valence-corrected chi connectivity index (χ3v) is 3.66. The van der Waals surface area contributed by atoms with Crippen LogP contribution in [0.4, 0.5) is 5.69 Å². The van der Waals surface area contributed by atoms with Crippen molar-refractivity contribution < 1.29 is 9.47 Å². The first-order valence-electron chi connectivity index (χ1n) is 7.40. The van der Waals surface area contributed by atoms with E-state index in [2.05, 4.69) is 0 Å². The van der Waals surface area contributed by atoms with Gasteiger partial charge in [0.1, 0.15) is 5.75 Å². The molecule has 1 fully saturated rings. The van der Waals surface area contributed by atoms with Gasteiger partial charge in [-0.2, -0.15) is 0 Å². The first kappa shape index (κ1) is 14.2. The molecule has 3 heteroatoms. The summed E-state index contributed by atoms with van der Waals surface area (Å²) in [6.45, 7) is 2.43. The Hall–Kier alpha value is -1.22. The Labute approximate surface area is 116 Å². The van der Waals surface area contributed by atoms with Crippen LogP contribution in [0.5, 0.6) is 5.75 Å². The molecule has 0 aromatic heterocycles. The topological polar surface area (TPSA) is 44.5 Å². The van der Waals surface area contributed by atoms with E-state index >= 15 is 0 Å². The van der Waals surface area contributed by atoms with Gasteiger partial charge in [0.2, 0.25) is 0 Å². The lowest BCUT2D eigenvalue weighted by Crippen LogP contribution is -2.14. The predicted molar refractivity (Wildman–Crippen MR) is 78.4 cm³/mol. The van der Waals surface area contributed by atoms with Gasteiger partial charge in [-0.3, -0.25) is 0 Å². The molecule has 0 aliphatic heterocycles. The minimum Gasteiger partial charge on any atom is -0.494 e. The zero-order valence-electron chi connectivity index (χ0n) is 11.6. The fourth-order valence-electron chi connectivity index (χ4n) is 2.52. The quantitative estimate of drug-likeness (QED) is 0.603. The normalized spacial score (nSPS) is 16.4. The highest BCUT2D eigenvalue weighted by Gasteiger charge is 2.12. The molecule has 1 aliphatic rings. The van der Waals surface area contributed by atoms with Crippen LogP contribution in [0.2, 0.25) is 0 Å². The number of nitrogen functional groups attached to an aromatic ring is 1. The molecule has 0 heterocycles. The summed E-state index contributed by atoms with van der Waals surface area (Å²) >= 11 is 0. The highest BCUT2D eigenvalue weighted by atomic mass is 16.5. The largest absolute Gasteiger partial charge is 0.494 e. The first-order valence-corrected chi connectivity index (χ1v) is 7.40. The highest BCUT2D eigenvalue weighted by Crippen LogP contribution is 2.23. The molecule has 0 saturated heterocycles. The molecule has 0 bridgehead atoms. The van der Waals surface area contributed by atoms with Gasteiger partial charge in [-0.05, 0) is 43.0 Å². The monoisotopic (exact) mass is 263 g/mol. The fraction of sp³-hybridized carbons (Fsp3) is 0.625. The van der Waals surface area contributed by atoms with Crippen LogP contribution in [-0.2, 0) is 4.74 Å². The van der Waals surface area contributed by atoms with Crippen molar-refractivity contribution in [3.05, 3.63) is 24.3 Å². The van der Waals surface area contributed by atoms with Crippen molar-refractivity contribution >= 4 is 5.69 Å². The number of anilines is 1. The molecule has 0 radical (unpaired) electrons. The van der Waals surface area contributed by atoms with Crippen LogP contribution in [0.15, 0.2) is 24.3 Å². The highest BCUT2D eigenvalue weighted by molar-refractivity contribution is 5.41. The predicted octanol–water partition coefficient (Wildman–Crippen LogP) is 3.63. The molecule has 0 spiro atoms. The van der Waals surface area contributed by atoms with Crippen molar-refractivity contribution in [1.29, 1.82) is 0 Å². The maximum absolute atomic E-state index is 5.73. The summed E-state index contributed by atoms with van der Waals surface area (Å²) < 4.78 is 11.3. The third kappa shape index (κ3) is 5.52. The Morgan fingerprint density at radius 3 is 2.47 bits per heavy atom. The van der Waals surface area contributed by atoms with Gasteiger partial charge in [0.25, 0.3) is 0 Å². The van der Waals surface area contributed by atoms with E-state index in [0.717, 1.165) is 37.0 Å². The van der Waals surface area contributed by atoms with Crippen LogP contribution in [0.3, 0.4) is 0 Å². The summed E-state index contributed by atoms with van der Waals surface area (Å²) in [5.41, 5.74) is 6.38. The van der Waals surface area contributed by atoms with Gasteiger partial charge < -0.3 is 15.2 Å². The Balaban J connectivity index is 1.49. The number of benzene rings is 1. The molecule has 2 N–H and O–H groups in total. The Morgan fingerprint density at radius 1 is 1.00 bits per heavy atom. The third-order valence-electron chi connectivity index (χ3n) is 3.66. The minimum absolute atomic E-state index is 0.703. The maximum Gasteiger partial charge on any atom is 0.119 e. The molecule has 19 heavy (non-hydrogen) atoms. The maximum atomic E-state index is 5.73. The van der Waals surface area contributed by atoms with E-state index < -0.39 is 0 Å². The van der Waals surface area contributed by atoms with Crippen LogP contribution in [0, 0.1) is 5.92 Å². The molecule has 3 nitrogen and oxygen atoms in total. The average Bonchev–Trinajstić information content (AvgIpc) is 2.46. The molecule has 1 saturated carbocycles. The molecule has 2 rings (SSSR count). The molecular formula is C16H25NO2. The molecule has 1 aromatic carbocycles. The van der Waals surface area contributed by atoms with Crippen molar-refractivity contribution in [3.8, 4) is 5.75 Å². The van der Waals surface area contributed by atoms with E-state index in [1.165, 1.54) is 32.1 Å². The van der Waals surface area contributed by atoms with E-state index in [0.29, 0.717) is 6.61 Å².